The average Bonchev–Trinajstić information content (AvgIpc) is 2.70. The van der Waals surface area contributed by atoms with Gasteiger partial charge in [0, 0.05) is 32.5 Å². The Bertz CT molecular complexity index is 938. The van der Waals surface area contributed by atoms with E-state index in [1.807, 2.05) is 0 Å². The summed E-state index contributed by atoms with van der Waals surface area (Å²) in [4.78, 5) is 11.9. The lowest BCUT2D eigenvalue weighted by molar-refractivity contribution is -0.132. The Kier molecular flexibility index (Phi) is 4.18. The van der Waals surface area contributed by atoms with Gasteiger partial charge >= 0.3 is 5.97 Å². The molecule has 1 heterocycles. The second kappa shape index (κ2) is 8.26. The summed E-state index contributed by atoms with van der Waals surface area (Å²) in [5.41, 5.74) is -1.28. The summed E-state index contributed by atoms with van der Waals surface area (Å²) < 4.78 is 60.8. The number of allylic oxidation sites excluding steroid dienone is 1. The third-order valence-electron chi connectivity index (χ3n) is 5.53. The number of aryl methyl sites for hydroxylation is 1. The largest absolute Gasteiger partial charge is 0.487 e. The molecule has 3 rings (SSSR count). The molecule has 2 unspecified atom stereocenters. The molecule has 5 heteroatoms. The van der Waals surface area contributed by atoms with Crippen molar-refractivity contribution in [2.75, 3.05) is 6.61 Å². The molecule has 0 aromatic heterocycles. The normalized spacial score (nSPS) is 29.3. The smallest absolute Gasteiger partial charge is 0.308 e. The molecule has 0 saturated carbocycles. The molecule has 0 bridgehead atoms. The van der Waals surface area contributed by atoms with E-state index in [4.69, 9.17) is 17.7 Å². The Hall–Kier alpha value is -1.85. The van der Waals surface area contributed by atoms with Crippen LogP contribution in [0, 0.1) is 5.92 Å². The maximum Gasteiger partial charge on any atom is 0.308 e. The summed E-state index contributed by atoms with van der Waals surface area (Å²) >= 11 is 0. The van der Waals surface area contributed by atoms with Gasteiger partial charge in [-0.2, -0.15) is 0 Å². The molecule has 0 fully saturated rings. The zero-order chi connectivity index (χ0) is 25.5. The Labute approximate surface area is 175 Å². The van der Waals surface area contributed by atoms with Crippen molar-refractivity contribution in [3.8, 4) is 11.5 Å². The van der Waals surface area contributed by atoms with E-state index in [0.717, 1.165) is 24.8 Å². The summed E-state index contributed by atoms with van der Waals surface area (Å²) in [6.45, 7) is -3.31. The zero-order valence-electron chi connectivity index (χ0n) is 22.3. The minimum absolute atomic E-state index is 0.0312. The van der Waals surface area contributed by atoms with E-state index in [-0.39, 0.29) is 23.5 Å². The first-order valence-electron chi connectivity index (χ1n) is 12.8. The van der Waals surface area contributed by atoms with Gasteiger partial charge in [-0.25, -0.2) is 0 Å². The van der Waals surface area contributed by atoms with E-state index >= 15 is 0 Å². The van der Waals surface area contributed by atoms with Crippen LogP contribution < -0.4 is 9.47 Å². The third-order valence-corrected chi connectivity index (χ3v) is 5.53. The van der Waals surface area contributed by atoms with Crippen molar-refractivity contribution in [2.45, 2.75) is 77.3 Å². The minimum Gasteiger partial charge on any atom is -0.487 e. The summed E-state index contributed by atoms with van der Waals surface area (Å²) in [7, 11) is 0. The van der Waals surface area contributed by atoms with Crippen LogP contribution in [-0.2, 0) is 11.2 Å². The molecule has 0 spiro atoms. The highest BCUT2D eigenvalue weighted by Crippen LogP contribution is 2.53. The van der Waals surface area contributed by atoms with Crippen molar-refractivity contribution < 1.29 is 32.7 Å². The number of aliphatic hydroxyl groups is 2. The van der Waals surface area contributed by atoms with Gasteiger partial charge in [-0.15, -0.1) is 0 Å². The molecular formula is C23H32O5. The fraction of sp³-hybridized carbons (Fsp3) is 0.609. The second-order valence-corrected chi connectivity index (χ2v) is 7.68. The fourth-order valence-corrected chi connectivity index (χ4v) is 4.14. The number of ether oxygens (including phenoxy) is 2. The van der Waals surface area contributed by atoms with Crippen molar-refractivity contribution in [1.29, 1.82) is 0 Å². The van der Waals surface area contributed by atoms with Gasteiger partial charge in [0.1, 0.15) is 17.1 Å². The number of unbranched alkanes of at least 4 members (excludes halogenated alkanes) is 2. The standard InChI is InChI=1S/C23H32O5/c1-5-6-7-8-15-9-20(27-14(2)25)22-17-11-16(13-24)19(26)12-18(17)23(3,4)28-21(22)10-15/h9-11,17-19,24,26H,5-8,12-13H2,1-4H3/t17?,18?,19-/m1/s1/i3D3,4D3. The van der Waals surface area contributed by atoms with Crippen LogP contribution in [0.5, 0.6) is 11.5 Å². The van der Waals surface area contributed by atoms with Crippen LogP contribution in [0.1, 0.15) is 78.5 Å². The monoisotopic (exact) mass is 394 g/mol. The maximum atomic E-state index is 11.9. The van der Waals surface area contributed by atoms with E-state index in [2.05, 4.69) is 6.92 Å². The highest BCUT2D eigenvalue weighted by Gasteiger charge is 2.47. The van der Waals surface area contributed by atoms with Crippen LogP contribution in [0.4, 0.5) is 0 Å². The Morgan fingerprint density at radius 2 is 2.18 bits per heavy atom. The van der Waals surface area contributed by atoms with Crippen LogP contribution in [-0.4, -0.2) is 34.5 Å². The number of fused-ring (bicyclic) bond motifs is 3. The molecular weight excluding hydrogens is 356 g/mol. The van der Waals surface area contributed by atoms with Crippen LogP contribution in [0.2, 0.25) is 0 Å². The Morgan fingerprint density at radius 3 is 2.82 bits per heavy atom. The van der Waals surface area contributed by atoms with Crippen molar-refractivity contribution in [1.82, 2.24) is 0 Å². The third kappa shape index (κ3) is 4.11. The number of hydrogen-bond acceptors (Lipinski definition) is 5. The molecule has 28 heavy (non-hydrogen) atoms. The van der Waals surface area contributed by atoms with Crippen LogP contribution in [0.3, 0.4) is 0 Å². The topological polar surface area (TPSA) is 76.0 Å². The molecule has 0 amide bonds. The lowest BCUT2D eigenvalue weighted by Crippen LogP contribution is -2.48. The van der Waals surface area contributed by atoms with Gasteiger partial charge in [0.15, 0.2) is 0 Å². The molecule has 1 aromatic carbocycles. The molecule has 3 atom stereocenters. The maximum absolute atomic E-state index is 11.9. The fourth-order valence-electron chi connectivity index (χ4n) is 4.14. The van der Waals surface area contributed by atoms with Crippen LogP contribution in [0.15, 0.2) is 23.8 Å². The van der Waals surface area contributed by atoms with Gasteiger partial charge in [-0.1, -0.05) is 25.8 Å². The van der Waals surface area contributed by atoms with Gasteiger partial charge in [0.2, 0.25) is 0 Å². The molecule has 0 saturated heterocycles. The van der Waals surface area contributed by atoms with Crippen molar-refractivity contribution >= 4 is 5.97 Å². The number of carbonyl (C=O) groups excluding carboxylic acids is 1. The van der Waals surface area contributed by atoms with E-state index in [1.165, 1.54) is 13.0 Å². The Morgan fingerprint density at radius 1 is 1.39 bits per heavy atom. The molecule has 1 aliphatic carbocycles. The quantitative estimate of drug-likeness (QED) is 0.331. The number of esters is 1. The summed E-state index contributed by atoms with van der Waals surface area (Å²) in [5, 5.41) is 20.3. The van der Waals surface area contributed by atoms with Crippen molar-refractivity contribution in [3.63, 3.8) is 0 Å². The van der Waals surface area contributed by atoms with Crippen molar-refractivity contribution in [3.05, 3.63) is 34.9 Å². The van der Waals surface area contributed by atoms with E-state index in [0.29, 0.717) is 12.0 Å². The molecule has 154 valence electrons. The van der Waals surface area contributed by atoms with Gasteiger partial charge in [0.25, 0.3) is 0 Å². The number of carbonyl (C=O) groups is 1. The highest BCUT2D eigenvalue weighted by atomic mass is 16.5. The number of hydrogen-bond donors (Lipinski definition) is 2. The predicted molar refractivity (Wildman–Crippen MR) is 108 cm³/mol. The van der Waals surface area contributed by atoms with E-state index in [9.17, 15) is 15.0 Å². The summed E-state index contributed by atoms with van der Waals surface area (Å²) in [6, 6.07) is 3.32. The molecule has 1 aromatic rings. The first-order chi connectivity index (χ1) is 15.8. The SMILES string of the molecule is [2H]C([2H])([2H])C1(C([2H])([2H])[2H])Oc2cc(CCCCC)cc(OC(C)=O)c2C2C=C(CO)[C@H](O)CC21. The second-order valence-electron chi connectivity index (χ2n) is 7.68. The van der Waals surface area contributed by atoms with Crippen LogP contribution in [0.25, 0.3) is 0 Å². The first-order valence-corrected chi connectivity index (χ1v) is 9.80. The highest BCUT2D eigenvalue weighted by molar-refractivity contribution is 5.71. The van der Waals surface area contributed by atoms with Gasteiger partial charge in [-0.05, 0) is 56.2 Å². The summed E-state index contributed by atoms with van der Waals surface area (Å²) in [6.07, 6.45) is 3.41. The van der Waals surface area contributed by atoms with E-state index < -0.39 is 49.8 Å². The predicted octanol–water partition coefficient (Wildman–Crippen LogP) is 3.90. The summed E-state index contributed by atoms with van der Waals surface area (Å²) in [5.74, 6) is -2.44. The molecule has 2 aliphatic rings. The van der Waals surface area contributed by atoms with Gasteiger partial charge in [0.05, 0.1) is 12.7 Å². The minimum atomic E-state index is -3.07. The average molecular weight is 395 g/mol. The van der Waals surface area contributed by atoms with Gasteiger partial charge < -0.3 is 19.7 Å². The lowest BCUT2D eigenvalue weighted by Gasteiger charge is -2.47. The zero-order valence-corrected chi connectivity index (χ0v) is 16.3. The molecule has 1 aliphatic heterocycles. The number of benzene rings is 1. The van der Waals surface area contributed by atoms with Crippen molar-refractivity contribution in [2.24, 2.45) is 5.92 Å². The van der Waals surface area contributed by atoms with Crippen LogP contribution >= 0.6 is 0 Å². The number of rotatable bonds is 6. The molecule has 0 radical (unpaired) electrons. The molecule has 2 N–H and O–H groups in total. The lowest BCUT2D eigenvalue weighted by atomic mass is 9.67. The van der Waals surface area contributed by atoms with Gasteiger partial charge in [-0.3, -0.25) is 4.79 Å². The Balaban J connectivity index is 2.32. The van der Waals surface area contributed by atoms with E-state index in [1.54, 1.807) is 12.1 Å². The number of aliphatic hydroxyl groups excluding tert-OH is 2. The first kappa shape index (κ1) is 14.2. The molecule has 5 nitrogen and oxygen atoms in total.